The number of hydrogen-bond donors (Lipinski definition) is 0. The predicted octanol–water partition coefficient (Wildman–Crippen LogP) is 5.68. The van der Waals surface area contributed by atoms with E-state index < -0.39 is 0 Å². The second kappa shape index (κ2) is 9.53. The van der Waals surface area contributed by atoms with Gasteiger partial charge in [0, 0.05) is 56.9 Å². The van der Waals surface area contributed by atoms with Crippen molar-refractivity contribution in [3.05, 3.63) is 59.4 Å². The fourth-order valence-corrected chi connectivity index (χ4v) is 5.60. The van der Waals surface area contributed by atoms with Gasteiger partial charge in [-0.1, -0.05) is 24.3 Å². The minimum Gasteiger partial charge on any atom is -0.385 e. The lowest BCUT2D eigenvalue weighted by Crippen LogP contribution is -2.39. The Balaban J connectivity index is 1.25. The summed E-state index contributed by atoms with van der Waals surface area (Å²) in [4.78, 5) is 15.2. The quantitative estimate of drug-likeness (QED) is 0.408. The maximum atomic E-state index is 5.26. The van der Waals surface area contributed by atoms with Gasteiger partial charge in [-0.25, -0.2) is 9.97 Å². The average Bonchev–Trinajstić information content (AvgIpc) is 3.69. The summed E-state index contributed by atoms with van der Waals surface area (Å²) in [5.74, 6) is 3.41. The molecule has 3 heterocycles. The van der Waals surface area contributed by atoms with E-state index >= 15 is 0 Å². The molecule has 5 nitrogen and oxygen atoms in total. The van der Waals surface area contributed by atoms with Crippen molar-refractivity contribution in [1.29, 1.82) is 0 Å². The lowest BCUT2D eigenvalue weighted by molar-refractivity contribution is 0.195. The molecule has 3 fully saturated rings. The van der Waals surface area contributed by atoms with E-state index in [1.54, 1.807) is 12.7 Å². The molecular weight excluding hydrogens is 420 g/mol. The average molecular weight is 457 g/mol. The number of nitrogens with zero attached hydrogens (tertiary/aromatic N) is 4. The second-order valence-electron chi connectivity index (χ2n) is 10.3. The van der Waals surface area contributed by atoms with E-state index in [0.29, 0.717) is 11.8 Å². The molecule has 2 aromatic carbocycles. The zero-order valence-corrected chi connectivity index (χ0v) is 20.4. The van der Waals surface area contributed by atoms with Crippen LogP contribution in [0, 0.1) is 0 Å². The normalized spacial score (nSPS) is 19.0. The topological polar surface area (TPSA) is 41.5 Å². The van der Waals surface area contributed by atoms with Crippen LogP contribution in [0.3, 0.4) is 0 Å². The van der Waals surface area contributed by atoms with Crippen LogP contribution in [0.4, 0.5) is 11.5 Å². The third kappa shape index (κ3) is 4.38. The lowest BCUT2D eigenvalue weighted by atomic mass is 9.87. The summed E-state index contributed by atoms with van der Waals surface area (Å²) in [6, 6.07) is 15.9. The molecule has 0 bridgehead atoms. The Morgan fingerprint density at radius 1 is 0.882 bits per heavy atom. The van der Waals surface area contributed by atoms with Crippen molar-refractivity contribution in [3.63, 3.8) is 0 Å². The Morgan fingerprint density at radius 3 is 2.44 bits per heavy atom. The number of hydrogen-bond acceptors (Lipinski definition) is 5. The molecule has 0 radical (unpaired) electrons. The van der Waals surface area contributed by atoms with E-state index in [9.17, 15) is 0 Å². The van der Waals surface area contributed by atoms with Crippen LogP contribution in [0.1, 0.15) is 67.3 Å². The molecule has 5 heteroatoms. The molecule has 178 valence electrons. The minimum atomic E-state index is 0.561. The minimum absolute atomic E-state index is 0.561. The highest BCUT2D eigenvalue weighted by molar-refractivity contribution is 5.90. The largest absolute Gasteiger partial charge is 0.385 e. The first-order chi connectivity index (χ1) is 16.8. The molecule has 0 N–H and O–H groups in total. The van der Waals surface area contributed by atoms with Crippen molar-refractivity contribution in [1.82, 2.24) is 9.97 Å². The lowest BCUT2D eigenvalue weighted by Gasteiger charge is -2.38. The molecule has 34 heavy (non-hydrogen) atoms. The van der Waals surface area contributed by atoms with Crippen LogP contribution in [0.2, 0.25) is 0 Å². The Kier molecular flexibility index (Phi) is 6.13. The van der Waals surface area contributed by atoms with Gasteiger partial charge in [0.25, 0.3) is 0 Å². The van der Waals surface area contributed by atoms with Crippen molar-refractivity contribution in [2.45, 2.75) is 56.8 Å². The summed E-state index contributed by atoms with van der Waals surface area (Å²) in [6.45, 7) is 5.33. The molecule has 2 saturated heterocycles. The van der Waals surface area contributed by atoms with Crippen molar-refractivity contribution >= 4 is 22.4 Å². The van der Waals surface area contributed by atoms with E-state index in [1.165, 1.54) is 61.8 Å². The molecule has 1 aliphatic carbocycles. The smallest absolute Gasteiger partial charge is 0.140 e. The number of rotatable bonds is 8. The molecule has 3 aliphatic rings. The van der Waals surface area contributed by atoms with Gasteiger partial charge in [0.15, 0.2) is 0 Å². The second-order valence-corrected chi connectivity index (χ2v) is 10.3. The number of piperidine rings is 1. The maximum absolute atomic E-state index is 5.26. The Morgan fingerprint density at radius 2 is 1.71 bits per heavy atom. The van der Waals surface area contributed by atoms with Crippen molar-refractivity contribution in [3.8, 4) is 0 Å². The molecule has 0 unspecified atom stereocenters. The number of benzene rings is 2. The Labute approximate surface area is 203 Å². The summed E-state index contributed by atoms with van der Waals surface area (Å²) < 4.78 is 5.26. The van der Waals surface area contributed by atoms with Crippen LogP contribution in [-0.2, 0) is 11.2 Å². The van der Waals surface area contributed by atoms with E-state index in [4.69, 9.17) is 14.7 Å². The van der Waals surface area contributed by atoms with Gasteiger partial charge in [0.05, 0.1) is 5.52 Å². The number of methoxy groups -OCH3 is 1. The first-order valence-electron chi connectivity index (χ1n) is 13.2. The number of ether oxygens (including phenoxy) is 1. The fraction of sp³-hybridized carbons (Fsp3) is 0.517. The number of aromatic nitrogens is 2. The highest BCUT2D eigenvalue weighted by atomic mass is 16.5. The Hall–Kier alpha value is -2.66. The van der Waals surface area contributed by atoms with Crippen molar-refractivity contribution < 1.29 is 4.74 Å². The SMILES string of the molecule is COCCCc1ccc2nc(C3CC3)nc(N3CCC(c4ccccc4N4CCC4)CC3)c2c1. The molecule has 0 spiro atoms. The zero-order valence-electron chi connectivity index (χ0n) is 20.4. The highest BCUT2D eigenvalue weighted by Gasteiger charge is 2.30. The predicted molar refractivity (Wildman–Crippen MR) is 139 cm³/mol. The van der Waals surface area contributed by atoms with Crippen LogP contribution in [0.5, 0.6) is 0 Å². The van der Waals surface area contributed by atoms with Crippen LogP contribution in [0.25, 0.3) is 10.9 Å². The summed E-state index contributed by atoms with van der Waals surface area (Å²) in [6.07, 6.45) is 8.23. The number of para-hydroxylation sites is 1. The molecule has 0 amide bonds. The van der Waals surface area contributed by atoms with Gasteiger partial charge in [0.1, 0.15) is 11.6 Å². The van der Waals surface area contributed by atoms with Gasteiger partial charge in [-0.15, -0.1) is 0 Å². The molecule has 0 atom stereocenters. The number of anilines is 2. The molecule has 3 aromatic rings. The molecule has 1 saturated carbocycles. The van der Waals surface area contributed by atoms with Gasteiger partial charge in [-0.3, -0.25) is 0 Å². The van der Waals surface area contributed by atoms with Crippen molar-refractivity contribution in [2.75, 3.05) is 49.7 Å². The maximum Gasteiger partial charge on any atom is 0.140 e. The van der Waals surface area contributed by atoms with Crippen LogP contribution in [-0.4, -0.2) is 49.9 Å². The third-order valence-corrected chi connectivity index (χ3v) is 7.88. The number of fused-ring (bicyclic) bond motifs is 1. The monoisotopic (exact) mass is 456 g/mol. The molecular formula is C29H36N4O. The molecule has 6 rings (SSSR count). The highest BCUT2D eigenvalue weighted by Crippen LogP contribution is 2.41. The van der Waals surface area contributed by atoms with E-state index in [0.717, 1.165) is 49.7 Å². The first kappa shape index (κ1) is 21.8. The number of aryl methyl sites for hydroxylation is 1. The van der Waals surface area contributed by atoms with Gasteiger partial charge in [-0.2, -0.15) is 0 Å². The zero-order chi connectivity index (χ0) is 22.9. The van der Waals surface area contributed by atoms with E-state index in [1.807, 2.05) is 0 Å². The third-order valence-electron chi connectivity index (χ3n) is 7.88. The standard InChI is InChI=1S/C29H36N4O/c1-34-19-4-6-21-9-12-26-25(20-21)29(31-28(30-26)23-10-11-23)33-17-13-22(14-18-33)24-7-2-3-8-27(24)32-15-5-16-32/h2-3,7-9,12,20,22-23H,4-6,10-11,13-19H2,1H3. The van der Waals surface area contributed by atoms with Crippen LogP contribution < -0.4 is 9.80 Å². The van der Waals surface area contributed by atoms with Gasteiger partial charge in [-0.05, 0) is 80.2 Å². The fourth-order valence-electron chi connectivity index (χ4n) is 5.60. The van der Waals surface area contributed by atoms with E-state index in [-0.39, 0.29) is 0 Å². The van der Waals surface area contributed by atoms with Crippen LogP contribution >= 0.6 is 0 Å². The van der Waals surface area contributed by atoms with E-state index in [2.05, 4.69) is 52.3 Å². The Bertz CT molecular complexity index is 1150. The van der Waals surface area contributed by atoms with Gasteiger partial charge >= 0.3 is 0 Å². The summed E-state index contributed by atoms with van der Waals surface area (Å²) in [5.41, 5.74) is 5.48. The summed E-state index contributed by atoms with van der Waals surface area (Å²) in [5, 5.41) is 1.22. The van der Waals surface area contributed by atoms with Gasteiger partial charge in [0.2, 0.25) is 0 Å². The molecule has 1 aromatic heterocycles. The van der Waals surface area contributed by atoms with Gasteiger partial charge < -0.3 is 14.5 Å². The van der Waals surface area contributed by atoms with Crippen LogP contribution in [0.15, 0.2) is 42.5 Å². The van der Waals surface area contributed by atoms with Crippen molar-refractivity contribution in [2.24, 2.45) is 0 Å². The first-order valence-corrected chi connectivity index (χ1v) is 13.2. The molecule has 2 aliphatic heterocycles. The summed E-state index contributed by atoms with van der Waals surface area (Å²) >= 11 is 0. The summed E-state index contributed by atoms with van der Waals surface area (Å²) in [7, 11) is 1.78.